The lowest BCUT2D eigenvalue weighted by Gasteiger charge is -2.35. The average molecular weight is 313 g/mol. The quantitative estimate of drug-likeness (QED) is 0.903. The second-order valence-corrected chi connectivity index (χ2v) is 5.85. The SMILES string of the molecule is COc1ccc(Nc2ncnc(N3CCCCC3C)c2N)cc1. The molecule has 0 bridgehead atoms. The Morgan fingerprint density at radius 1 is 1.22 bits per heavy atom. The van der Waals surface area contributed by atoms with Crippen molar-refractivity contribution in [3.8, 4) is 5.75 Å². The van der Waals surface area contributed by atoms with E-state index in [1.54, 1.807) is 13.4 Å². The van der Waals surface area contributed by atoms with Gasteiger partial charge in [-0.2, -0.15) is 0 Å². The van der Waals surface area contributed by atoms with Gasteiger partial charge in [-0.25, -0.2) is 9.97 Å². The summed E-state index contributed by atoms with van der Waals surface area (Å²) in [5.74, 6) is 2.27. The second-order valence-electron chi connectivity index (χ2n) is 5.85. The lowest BCUT2D eigenvalue weighted by molar-refractivity contribution is 0.415. The predicted octanol–water partition coefficient (Wildman–Crippen LogP) is 3.19. The van der Waals surface area contributed by atoms with Crippen molar-refractivity contribution < 1.29 is 4.74 Å². The minimum Gasteiger partial charge on any atom is -0.497 e. The van der Waals surface area contributed by atoms with Gasteiger partial charge in [0.2, 0.25) is 0 Å². The van der Waals surface area contributed by atoms with Crippen LogP contribution in [-0.4, -0.2) is 29.7 Å². The topological polar surface area (TPSA) is 76.3 Å². The molecule has 6 heteroatoms. The Kier molecular flexibility index (Phi) is 4.50. The van der Waals surface area contributed by atoms with E-state index in [9.17, 15) is 0 Å². The van der Waals surface area contributed by atoms with Gasteiger partial charge in [0.15, 0.2) is 11.6 Å². The Hall–Kier alpha value is -2.50. The first kappa shape index (κ1) is 15.4. The number of aromatic nitrogens is 2. The molecule has 0 saturated carbocycles. The molecule has 1 aliphatic rings. The van der Waals surface area contributed by atoms with Crippen molar-refractivity contribution in [1.29, 1.82) is 0 Å². The third kappa shape index (κ3) is 3.31. The summed E-state index contributed by atoms with van der Waals surface area (Å²) in [4.78, 5) is 11.0. The molecule has 1 saturated heterocycles. The number of rotatable bonds is 4. The lowest BCUT2D eigenvalue weighted by atomic mass is 10.0. The monoisotopic (exact) mass is 313 g/mol. The molecule has 2 aromatic rings. The highest BCUT2D eigenvalue weighted by Gasteiger charge is 2.23. The van der Waals surface area contributed by atoms with Crippen LogP contribution in [0.25, 0.3) is 0 Å². The molecular weight excluding hydrogens is 290 g/mol. The van der Waals surface area contributed by atoms with Gasteiger partial charge in [0, 0.05) is 18.3 Å². The molecule has 122 valence electrons. The standard InChI is InChI=1S/C17H23N5O/c1-12-5-3-4-10-22(12)17-15(18)16(19-11-20-17)21-13-6-8-14(23-2)9-7-13/h6-9,11-12H,3-5,10,18H2,1-2H3,(H,19,20,21). The van der Waals surface area contributed by atoms with Crippen LogP contribution in [0, 0.1) is 0 Å². The Morgan fingerprint density at radius 2 is 2.00 bits per heavy atom. The largest absolute Gasteiger partial charge is 0.497 e. The van der Waals surface area contributed by atoms with Crippen molar-refractivity contribution in [3.63, 3.8) is 0 Å². The van der Waals surface area contributed by atoms with Gasteiger partial charge in [-0.3, -0.25) is 0 Å². The number of hydrogen-bond acceptors (Lipinski definition) is 6. The summed E-state index contributed by atoms with van der Waals surface area (Å²) in [6.45, 7) is 3.21. The molecule has 6 nitrogen and oxygen atoms in total. The molecule has 0 radical (unpaired) electrons. The number of nitrogen functional groups attached to an aromatic ring is 1. The van der Waals surface area contributed by atoms with Crippen molar-refractivity contribution in [2.24, 2.45) is 0 Å². The van der Waals surface area contributed by atoms with Crippen LogP contribution in [0.5, 0.6) is 5.75 Å². The van der Waals surface area contributed by atoms with Gasteiger partial charge in [0.05, 0.1) is 7.11 Å². The fraction of sp³-hybridized carbons (Fsp3) is 0.412. The first-order valence-corrected chi connectivity index (χ1v) is 7.97. The minimum absolute atomic E-state index is 0.454. The van der Waals surface area contributed by atoms with Gasteiger partial charge in [-0.05, 0) is 50.5 Å². The highest BCUT2D eigenvalue weighted by Crippen LogP contribution is 2.32. The summed E-state index contributed by atoms with van der Waals surface area (Å²) in [6.07, 6.45) is 5.18. The van der Waals surface area contributed by atoms with Crippen LogP contribution < -0.4 is 20.7 Å². The fourth-order valence-corrected chi connectivity index (χ4v) is 2.94. The molecule has 1 unspecified atom stereocenters. The second kappa shape index (κ2) is 6.73. The Labute approximate surface area is 136 Å². The maximum absolute atomic E-state index is 6.33. The number of piperidine rings is 1. The van der Waals surface area contributed by atoms with E-state index in [1.807, 2.05) is 24.3 Å². The molecule has 2 heterocycles. The van der Waals surface area contributed by atoms with Gasteiger partial charge in [0.1, 0.15) is 17.8 Å². The average Bonchev–Trinajstić information content (AvgIpc) is 2.58. The number of nitrogens with two attached hydrogens (primary N) is 1. The third-order valence-corrected chi connectivity index (χ3v) is 4.29. The zero-order chi connectivity index (χ0) is 16.2. The van der Waals surface area contributed by atoms with E-state index in [-0.39, 0.29) is 0 Å². The molecule has 1 aromatic carbocycles. The van der Waals surface area contributed by atoms with E-state index < -0.39 is 0 Å². The number of hydrogen-bond donors (Lipinski definition) is 2. The highest BCUT2D eigenvalue weighted by atomic mass is 16.5. The summed E-state index contributed by atoms with van der Waals surface area (Å²) in [6, 6.07) is 8.11. The molecule has 1 aromatic heterocycles. The molecule has 1 atom stereocenters. The molecule has 0 spiro atoms. The summed E-state index contributed by atoms with van der Waals surface area (Å²) < 4.78 is 5.17. The van der Waals surface area contributed by atoms with Crippen molar-refractivity contribution in [2.75, 3.05) is 29.6 Å². The van der Waals surface area contributed by atoms with Crippen molar-refractivity contribution in [1.82, 2.24) is 9.97 Å². The highest BCUT2D eigenvalue weighted by molar-refractivity contribution is 5.78. The van der Waals surface area contributed by atoms with E-state index in [0.717, 1.165) is 23.8 Å². The fourth-order valence-electron chi connectivity index (χ4n) is 2.94. The number of nitrogens with one attached hydrogen (secondary N) is 1. The minimum atomic E-state index is 0.454. The smallest absolute Gasteiger partial charge is 0.159 e. The molecule has 0 aliphatic carbocycles. The van der Waals surface area contributed by atoms with Gasteiger partial charge in [-0.15, -0.1) is 0 Å². The van der Waals surface area contributed by atoms with Gasteiger partial charge >= 0.3 is 0 Å². The molecule has 1 aliphatic heterocycles. The van der Waals surface area contributed by atoms with E-state index in [1.165, 1.54) is 19.3 Å². The van der Waals surface area contributed by atoms with Crippen molar-refractivity contribution in [2.45, 2.75) is 32.2 Å². The van der Waals surface area contributed by atoms with Gasteiger partial charge in [-0.1, -0.05) is 0 Å². The first-order chi connectivity index (χ1) is 11.2. The molecule has 1 fully saturated rings. The van der Waals surface area contributed by atoms with Crippen molar-refractivity contribution >= 4 is 23.0 Å². The Morgan fingerprint density at radius 3 is 2.70 bits per heavy atom. The third-order valence-electron chi connectivity index (χ3n) is 4.29. The van der Waals surface area contributed by atoms with Crippen LogP contribution >= 0.6 is 0 Å². The van der Waals surface area contributed by atoms with Crippen LogP contribution in [0.3, 0.4) is 0 Å². The van der Waals surface area contributed by atoms with E-state index in [0.29, 0.717) is 17.5 Å². The van der Waals surface area contributed by atoms with Crippen molar-refractivity contribution in [3.05, 3.63) is 30.6 Å². The normalized spacial score (nSPS) is 17.8. The summed E-state index contributed by atoms with van der Waals surface area (Å²) >= 11 is 0. The van der Waals surface area contributed by atoms with Gasteiger partial charge in [0.25, 0.3) is 0 Å². The molecular formula is C17H23N5O. The predicted molar refractivity (Wildman–Crippen MR) is 93.4 cm³/mol. The summed E-state index contributed by atoms with van der Waals surface area (Å²) in [5.41, 5.74) is 7.83. The molecule has 23 heavy (non-hydrogen) atoms. The zero-order valence-corrected chi connectivity index (χ0v) is 13.6. The number of nitrogens with zero attached hydrogens (tertiary/aromatic N) is 3. The van der Waals surface area contributed by atoms with Crippen LogP contribution in [0.15, 0.2) is 30.6 Å². The zero-order valence-electron chi connectivity index (χ0n) is 13.6. The number of benzene rings is 1. The number of anilines is 4. The number of methoxy groups -OCH3 is 1. The molecule has 3 N–H and O–H groups in total. The van der Waals surface area contributed by atoms with Crippen LogP contribution in [0.4, 0.5) is 23.0 Å². The van der Waals surface area contributed by atoms with Crippen LogP contribution in [-0.2, 0) is 0 Å². The first-order valence-electron chi connectivity index (χ1n) is 7.97. The van der Waals surface area contributed by atoms with Crippen LogP contribution in [0.2, 0.25) is 0 Å². The Bertz CT molecular complexity index is 659. The summed E-state index contributed by atoms with van der Waals surface area (Å²) in [7, 11) is 1.65. The lowest BCUT2D eigenvalue weighted by Crippen LogP contribution is -2.38. The van der Waals surface area contributed by atoms with E-state index in [2.05, 4.69) is 27.1 Å². The maximum Gasteiger partial charge on any atom is 0.159 e. The summed E-state index contributed by atoms with van der Waals surface area (Å²) in [5, 5.41) is 3.26. The maximum atomic E-state index is 6.33. The van der Waals surface area contributed by atoms with Gasteiger partial charge < -0.3 is 20.7 Å². The molecule has 0 amide bonds. The number of ether oxygens (including phenoxy) is 1. The molecule has 3 rings (SSSR count). The van der Waals surface area contributed by atoms with E-state index in [4.69, 9.17) is 10.5 Å². The van der Waals surface area contributed by atoms with Crippen LogP contribution in [0.1, 0.15) is 26.2 Å². The van der Waals surface area contributed by atoms with E-state index >= 15 is 0 Å². The Balaban J connectivity index is 1.83.